The number of benzene rings is 2. The summed E-state index contributed by atoms with van der Waals surface area (Å²) in [7, 11) is 0. The van der Waals surface area contributed by atoms with Crippen LogP contribution in [0.25, 0.3) is 22.6 Å². The van der Waals surface area contributed by atoms with E-state index < -0.39 is 5.97 Å². The number of aliphatic carboxylic acids is 1. The minimum Gasteiger partial charge on any atom is -0.481 e. The Morgan fingerprint density at radius 1 is 0.867 bits per heavy atom. The van der Waals surface area contributed by atoms with Crippen LogP contribution in [-0.2, 0) is 4.79 Å². The normalized spacial score (nSPS) is 11.0. The van der Waals surface area contributed by atoms with Crippen LogP contribution in [0.4, 0.5) is 0 Å². The van der Waals surface area contributed by atoms with Crippen LogP contribution < -0.4 is 0 Å². The van der Waals surface area contributed by atoms with Crippen molar-refractivity contribution in [2.24, 2.45) is 0 Å². The number of unbranched alkanes of at least 4 members (excludes halogenated alkanes) is 4. The first-order valence-corrected chi connectivity index (χ1v) is 11.6. The molecule has 0 saturated carbocycles. The minimum atomic E-state index is -0.720. The number of hydrogen-bond donors (Lipinski definition) is 1. The Labute approximate surface area is 190 Å². The summed E-state index contributed by atoms with van der Waals surface area (Å²) in [4.78, 5) is 15.3. The van der Waals surface area contributed by atoms with E-state index in [9.17, 15) is 4.79 Å². The van der Waals surface area contributed by atoms with Gasteiger partial charge in [0.1, 0.15) is 5.69 Å². The maximum absolute atomic E-state index is 10.5. The summed E-state index contributed by atoms with van der Waals surface area (Å²) >= 11 is 13.7. The molecule has 0 saturated heterocycles. The molecule has 1 aromatic heterocycles. The zero-order chi connectivity index (χ0) is 21.3. The molecule has 0 unspecified atom stereocenters. The summed E-state index contributed by atoms with van der Waals surface area (Å²) in [5, 5.41) is 10.6. The number of carboxylic acid groups (broad SMARTS) is 1. The maximum Gasteiger partial charge on any atom is 0.303 e. The number of carboxylic acids is 1. The number of nitrogens with zero attached hydrogens (tertiary/aromatic N) is 1. The van der Waals surface area contributed by atoms with Gasteiger partial charge in [-0.15, -0.1) is 0 Å². The first kappa shape index (κ1) is 22.7. The van der Waals surface area contributed by atoms with Gasteiger partial charge in [-0.25, -0.2) is 4.98 Å². The summed E-state index contributed by atoms with van der Waals surface area (Å²) in [5.41, 5.74) is 2.64. The molecule has 7 heteroatoms. The van der Waals surface area contributed by atoms with E-state index >= 15 is 0 Å². The monoisotopic (exact) mass is 463 g/mol. The molecule has 1 heterocycles. The van der Waals surface area contributed by atoms with Crippen LogP contribution in [0.3, 0.4) is 0 Å². The molecule has 3 rings (SSSR count). The van der Waals surface area contributed by atoms with Gasteiger partial charge in [0.25, 0.3) is 5.22 Å². The van der Waals surface area contributed by atoms with Gasteiger partial charge in [-0.2, -0.15) is 0 Å². The molecule has 0 aliphatic rings. The molecule has 0 aliphatic heterocycles. The first-order valence-electron chi connectivity index (χ1n) is 9.90. The van der Waals surface area contributed by atoms with Crippen molar-refractivity contribution in [1.29, 1.82) is 0 Å². The van der Waals surface area contributed by atoms with Crippen LogP contribution in [0.15, 0.2) is 58.2 Å². The van der Waals surface area contributed by atoms with Gasteiger partial charge >= 0.3 is 5.97 Å². The van der Waals surface area contributed by atoms with Crippen LogP contribution in [0.1, 0.15) is 38.5 Å². The van der Waals surface area contributed by atoms with Crippen molar-refractivity contribution in [1.82, 2.24) is 4.98 Å². The van der Waals surface area contributed by atoms with E-state index in [4.69, 9.17) is 37.7 Å². The van der Waals surface area contributed by atoms with Gasteiger partial charge in [-0.1, -0.05) is 66.4 Å². The van der Waals surface area contributed by atoms with Crippen LogP contribution in [-0.4, -0.2) is 21.8 Å². The Balaban J connectivity index is 1.64. The van der Waals surface area contributed by atoms with Crippen molar-refractivity contribution in [3.05, 3.63) is 58.6 Å². The highest BCUT2D eigenvalue weighted by molar-refractivity contribution is 7.99. The quantitative estimate of drug-likeness (QED) is 0.231. The number of hydrogen-bond acceptors (Lipinski definition) is 4. The van der Waals surface area contributed by atoms with Gasteiger partial charge in [-0.3, -0.25) is 4.79 Å². The predicted octanol–water partition coefficient (Wildman–Crippen LogP) is 7.83. The second-order valence-corrected chi connectivity index (χ2v) is 8.85. The smallest absolute Gasteiger partial charge is 0.303 e. The van der Waals surface area contributed by atoms with Crippen LogP contribution in [0.5, 0.6) is 0 Å². The summed E-state index contributed by atoms with van der Waals surface area (Å²) < 4.78 is 6.11. The lowest BCUT2D eigenvalue weighted by Crippen LogP contribution is -1.93. The number of rotatable bonds is 11. The lowest BCUT2D eigenvalue weighted by molar-refractivity contribution is -0.137. The average Bonchev–Trinajstić information content (AvgIpc) is 3.15. The Hall–Kier alpha value is -1.95. The van der Waals surface area contributed by atoms with Crippen molar-refractivity contribution in [3.63, 3.8) is 0 Å². The van der Waals surface area contributed by atoms with E-state index in [1.807, 2.05) is 48.5 Å². The summed E-state index contributed by atoms with van der Waals surface area (Å²) in [5.74, 6) is 0.895. The van der Waals surface area contributed by atoms with Crippen molar-refractivity contribution in [3.8, 4) is 22.6 Å². The highest BCUT2D eigenvalue weighted by atomic mass is 35.5. The third-order valence-corrected chi connectivity index (χ3v) is 6.01. The van der Waals surface area contributed by atoms with Gasteiger partial charge in [-0.05, 0) is 49.2 Å². The highest BCUT2D eigenvalue weighted by Gasteiger charge is 2.17. The molecule has 0 aliphatic carbocycles. The molecule has 0 amide bonds. The van der Waals surface area contributed by atoms with Crippen molar-refractivity contribution in [2.75, 3.05) is 5.75 Å². The standard InChI is InChI=1S/C23H23Cl2NO3S/c24-18-11-7-16(8-12-18)21-22(17-9-13-19(25)14-10-17)29-23(26-21)30-15-5-3-1-2-4-6-20(27)28/h7-14H,1-6,15H2,(H,27,28). The zero-order valence-corrected chi connectivity index (χ0v) is 18.8. The third kappa shape index (κ3) is 6.79. The van der Waals surface area contributed by atoms with Crippen LogP contribution in [0.2, 0.25) is 10.0 Å². The fourth-order valence-electron chi connectivity index (χ4n) is 3.03. The Morgan fingerprint density at radius 3 is 2.07 bits per heavy atom. The van der Waals surface area contributed by atoms with E-state index in [-0.39, 0.29) is 6.42 Å². The number of halogens is 2. The number of carbonyl (C=O) groups is 1. The molecule has 0 fully saturated rings. The largest absolute Gasteiger partial charge is 0.481 e. The van der Waals surface area contributed by atoms with E-state index in [0.29, 0.717) is 21.0 Å². The molecule has 0 radical (unpaired) electrons. The molecule has 0 spiro atoms. The molecule has 158 valence electrons. The second-order valence-electron chi connectivity index (χ2n) is 6.93. The Morgan fingerprint density at radius 2 is 1.43 bits per heavy atom. The van der Waals surface area contributed by atoms with Crippen molar-refractivity contribution < 1.29 is 14.3 Å². The van der Waals surface area contributed by atoms with Gasteiger partial charge < -0.3 is 9.52 Å². The molecule has 4 nitrogen and oxygen atoms in total. The van der Waals surface area contributed by atoms with Gasteiger partial charge in [0.05, 0.1) is 0 Å². The van der Waals surface area contributed by atoms with Gasteiger partial charge in [0.15, 0.2) is 5.76 Å². The fraction of sp³-hybridized carbons (Fsp3) is 0.304. The SMILES string of the molecule is O=C(O)CCCCCCCSc1nc(-c2ccc(Cl)cc2)c(-c2ccc(Cl)cc2)o1. The lowest BCUT2D eigenvalue weighted by Gasteiger charge is -2.02. The molecule has 1 N–H and O–H groups in total. The van der Waals surface area contributed by atoms with Gasteiger partial charge in [0, 0.05) is 33.3 Å². The molecule has 0 atom stereocenters. The van der Waals surface area contributed by atoms with E-state index in [2.05, 4.69) is 0 Å². The molecule has 30 heavy (non-hydrogen) atoms. The molecule has 0 bridgehead atoms. The lowest BCUT2D eigenvalue weighted by atomic mass is 10.1. The number of oxazole rings is 1. The summed E-state index contributed by atoms with van der Waals surface area (Å²) in [6, 6.07) is 15.1. The maximum atomic E-state index is 10.5. The summed E-state index contributed by atoms with van der Waals surface area (Å²) in [6.45, 7) is 0. The number of thioether (sulfide) groups is 1. The van der Waals surface area contributed by atoms with Gasteiger partial charge in [0.2, 0.25) is 0 Å². The zero-order valence-electron chi connectivity index (χ0n) is 16.4. The van der Waals surface area contributed by atoms with Crippen molar-refractivity contribution in [2.45, 2.75) is 43.7 Å². The van der Waals surface area contributed by atoms with E-state index in [1.165, 1.54) is 0 Å². The number of aromatic nitrogens is 1. The average molecular weight is 464 g/mol. The van der Waals surface area contributed by atoms with E-state index in [0.717, 1.165) is 54.7 Å². The predicted molar refractivity (Wildman–Crippen MR) is 123 cm³/mol. The molecule has 2 aromatic carbocycles. The third-order valence-electron chi connectivity index (χ3n) is 4.59. The van der Waals surface area contributed by atoms with Crippen LogP contribution >= 0.6 is 35.0 Å². The molecular formula is C23H23Cl2NO3S. The molecular weight excluding hydrogens is 441 g/mol. The highest BCUT2D eigenvalue weighted by Crippen LogP contribution is 2.36. The second kappa shape index (κ2) is 11.4. The fourth-order valence-corrected chi connectivity index (χ4v) is 4.10. The topological polar surface area (TPSA) is 63.3 Å². The summed E-state index contributed by atoms with van der Waals surface area (Å²) in [6.07, 6.45) is 5.11. The van der Waals surface area contributed by atoms with Crippen LogP contribution in [0, 0.1) is 0 Å². The first-order chi connectivity index (χ1) is 14.5. The van der Waals surface area contributed by atoms with E-state index in [1.54, 1.807) is 11.8 Å². The minimum absolute atomic E-state index is 0.256. The molecule has 3 aromatic rings. The Bertz CT molecular complexity index is 893. The van der Waals surface area contributed by atoms with Crippen molar-refractivity contribution >= 4 is 40.9 Å². The Kier molecular flexibility index (Phi) is 8.67.